The molecule has 1 rings (SSSR count). The number of alkyl halides is 6. The SMILES string of the molecule is COC(=O)c1c(C(F)(F)F)nc(C(F)(F)F)c(SC)c1SC. The number of hydrogen-bond acceptors (Lipinski definition) is 5. The van der Waals surface area contributed by atoms with Gasteiger partial charge in [0.1, 0.15) is 5.56 Å². The first-order valence-corrected chi connectivity index (χ1v) is 7.82. The molecule has 0 aliphatic rings. The number of methoxy groups -OCH3 is 1. The van der Waals surface area contributed by atoms with Crippen molar-refractivity contribution in [3.8, 4) is 0 Å². The summed E-state index contributed by atoms with van der Waals surface area (Å²) in [6.07, 6.45) is -7.80. The number of halogens is 6. The fourth-order valence-electron chi connectivity index (χ4n) is 1.62. The maximum absolute atomic E-state index is 13.0. The standard InChI is InChI=1S/C11H9F6NO2S2/c1-20-9(19)4-5(21-2)6(22-3)8(11(15,16)17)18-7(4)10(12,13)14/h1-3H3. The predicted molar refractivity (Wildman–Crippen MR) is 69.1 cm³/mol. The fraction of sp³-hybridized carbons (Fsp3) is 0.455. The van der Waals surface area contributed by atoms with Crippen LogP contribution in [0.3, 0.4) is 0 Å². The van der Waals surface area contributed by atoms with Crippen LogP contribution in [-0.2, 0) is 17.1 Å². The highest BCUT2D eigenvalue weighted by molar-refractivity contribution is 8.01. The Labute approximate surface area is 129 Å². The van der Waals surface area contributed by atoms with Crippen LogP contribution in [0.2, 0.25) is 0 Å². The van der Waals surface area contributed by atoms with Crippen LogP contribution in [0.4, 0.5) is 26.3 Å². The molecule has 11 heteroatoms. The molecule has 0 aromatic carbocycles. The number of rotatable bonds is 3. The van der Waals surface area contributed by atoms with E-state index in [4.69, 9.17) is 0 Å². The van der Waals surface area contributed by atoms with Gasteiger partial charge in [-0.2, -0.15) is 26.3 Å². The van der Waals surface area contributed by atoms with E-state index in [-0.39, 0.29) is 0 Å². The second-order valence-corrected chi connectivity index (χ2v) is 5.37. The van der Waals surface area contributed by atoms with Crippen molar-refractivity contribution in [2.45, 2.75) is 22.1 Å². The average molecular weight is 365 g/mol. The summed E-state index contributed by atoms with van der Waals surface area (Å²) in [5.74, 6) is -1.40. The number of pyridine rings is 1. The Hall–Kier alpha value is -1.10. The van der Waals surface area contributed by atoms with E-state index in [1.807, 2.05) is 0 Å². The van der Waals surface area contributed by atoms with Crippen LogP contribution in [0.25, 0.3) is 0 Å². The van der Waals surface area contributed by atoms with Crippen LogP contribution in [0.5, 0.6) is 0 Å². The summed E-state index contributed by atoms with van der Waals surface area (Å²) in [4.78, 5) is 13.3. The summed E-state index contributed by atoms with van der Waals surface area (Å²) in [5, 5.41) is 0. The van der Waals surface area contributed by atoms with Gasteiger partial charge < -0.3 is 4.74 Å². The third-order valence-corrected chi connectivity index (χ3v) is 4.19. The smallest absolute Gasteiger partial charge is 0.434 e. The maximum Gasteiger partial charge on any atom is 0.434 e. The molecule has 0 saturated heterocycles. The lowest BCUT2D eigenvalue weighted by atomic mass is 10.1. The van der Waals surface area contributed by atoms with E-state index in [0.717, 1.165) is 7.11 Å². The van der Waals surface area contributed by atoms with Gasteiger partial charge >= 0.3 is 18.3 Å². The maximum atomic E-state index is 13.0. The van der Waals surface area contributed by atoms with E-state index < -0.39 is 45.1 Å². The molecule has 1 aromatic rings. The Morgan fingerprint density at radius 2 is 1.41 bits per heavy atom. The van der Waals surface area contributed by atoms with E-state index in [1.54, 1.807) is 0 Å². The van der Waals surface area contributed by atoms with Crippen molar-refractivity contribution in [1.29, 1.82) is 0 Å². The van der Waals surface area contributed by atoms with Crippen LogP contribution in [0.1, 0.15) is 21.7 Å². The molecule has 1 aromatic heterocycles. The van der Waals surface area contributed by atoms with Gasteiger partial charge in [0, 0.05) is 4.90 Å². The Balaban J connectivity index is 3.94. The first kappa shape index (κ1) is 18.9. The topological polar surface area (TPSA) is 39.2 Å². The van der Waals surface area contributed by atoms with Crippen LogP contribution in [0, 0.1) is 0 Å². The molecular formula is C11H9F6NO2S2. The summed E-state index contributed by atoms with van der Waals surface area (Å²) in [5.41, 5.74) is -4.60. The Bertz CT molecular complexity index is 585. The number of carbonyl (C=O) groups is 1. The molecule has 3 nitrogen and oxygen atoms in total. The molecule has 124 valence electrons. The molecule has 0 amide bonds. The Morgan fingerprint density at radius 3 is 1.73 bits per heavy atom. The fourth-order valence-corrected chi connectivity index (χ4v) is 3.43. The minimum absolute atomic E-state index is 0.464. The molecule has 1 heterocycles. The quantitative estimate of drug-likeness (QED) is 0.452. The first-order valence-electron chi connectivity index (χ1n) is 5.37. The Morgan fingerprint density at radius 1 is 0.955 bits per heavy atom. The van der Waals surface area contributed by atoms with Crippen molar-refractivity contribution in [1.82, 2.24) is 4.98 Å². The monoisotopic (exact) mass is 365 g/mol. The first-order chi connectivity index (χ1) is 9.98. The molecule has 0 fully saturated rings. The zero-order valence-corrected chi connectivity index (χ0v) is 13.0. The molecule has 0 bridgehead atoms. The van der Waals surface area contributed by atoms with E-state index in [0.29, 0.717) is 23.5 Å². The zero-order chi connectivity index (χ0) is 17.3. The molecule has 0 aliphatic heterocycles. The van der Waals surface area contributed by atoms with Gasteiger partial charge in [-0.15, -0.1) is 23.5 Å². The molecule has 0 atom stereocenters. The normalized spacial score (nSPS) is 12.4. The van der Waals surface area contributed by atoms with Gasteiger partial charge in [-0.25, -0.2) is 9.78 Å². The lowest BCUT2D eigenvalue weighted by molar-refractivity contribution is -0.152. The third kappa shape index (κ3) is 3.62. The van der Waals surface area contributed by atoms with Gasteiger partial charge in [0.05, 0.1) is 12.0 Å². The summed E-state index contributed by atoms with van der Waals surface area (Å²) in [7, 11) is 0.836. The van der Waals surface area contributed by atoms with Gasteiger partial charge in [0.2, 0.25) is 0 Å². The lowest BCUT2D eigenvalue weighted by Gasteiger charge is -2.20. The Kier molecular flexibility index (Phi) is 5.66. The average Bonchev–Trinajstić information content (AvgIpc) is 2.41. The van der Waals surface area contributed by atoms with Crippen LogP contribution >= 0.6 is 23.5 Å². The number of carbonyl (C=O) groups excluding carboxylic acids is 1. The molecule has 0 N–H and O–H groups in total. The third-order valence-electron chi connectivity index (χ3n) is 2.44. The van der Waals surface area contributed by atoms with Crippen LogP contribution < -0.4 is 0 Å². The number of hydrogen-bond donors (Lipinski definition) is 0. The predicted octanol–water partition coefficient (Wildman–Crippen LogP) is 4.35. The minimum atomic E-state index is -5.23. The van der Waals surface area contributed by atoms with E-state index in [2.05, 4.69) is 9.72 Å². The molecule has 0 radical (unpaired) electrons. The number of aromatic nitrogens is 1. The molecule has 0 saturated carbocycles. The van der Waals surface area contributed by atoms with Crippen LogP contribution in [0.15, 0.2) is 9.79 Å². The largest absolute Gasteiger partial charge is 0.465 e. The lowest BCUT2D eigenvalue weighted by Crippen LogP contribution is -2.22. The second kappa shape index (κ2) is 6.57. The van der Waals surface area contributed by atoms with Gasteiger partial charge in [0.25, 0.3) is 0 Å². The number of thioether (sulfide) groups is 2. The molecule has 0 aliphatic carbocycles. The highest BCUT2D eigenvalue weighted by Gasteiger charge is 2.45. The number of nitrogens with zero attached hydrogens (tertiary/aromatic N) is 1. The molecular weight excluding hydrogens is 356 g/mol. The van der Waals surface area contributed by atoms with Crippen molar-refractivity contribution in [2.75, 3.05) is 19.6 Å². The van der Waals surface area contributed by atoms with Crippen molar-refractivity contribution in [3.05, 3.63) is 17.0 Å². The van der Waals surface area contributed by atoms with Gasteiger partial charge in [-0.05, 0) is 12.5 Å². The van der Waals surface area contributed by atoms with Gasteiger partial charge in [-0.3, -0.25) is 0 Å². The molecule has 0 unspecified atom stereocenters. The molecule has 0 spiro atoms. The highest BCUT2D eigenvalue weighted by Crippen LogP contribution is 2.45. The van der Waals surface area contributed by atoms with E-state index in [9.17, 15) is 31.1 Å². The van der Waals surface area contributed by atoms with Gasteiger partial charge in [-0.1, -0.05) is 0 Å². The number of esters is 1. The summed E-state index contributed by atoms with van der Waals surface area (Å²) in [6, 6.07) is 0. The van der Waals surface area contributed by atoms with Crippen molar-refractivity contribution in [2.24, 2.45) is 0 Å². The molecule has 22 heavy (non-hydrogen) atoms. The van der Waals surface area contributed by atoms with E-state index >= 15 is 0 Å². The number of ether oxygens (including phenoxy) is 1. The van der Waals surface area contributed by atoms with E-state index in [1.165, 1.54) is 12.5 Å². The second-order valence-electron chi connectivity index (χ2n) is 3.74. The zero-order valence-electron chi connectivity index (χ0n) is 11.3. The minimum Gasteiger partial charge on any atom is -0.465 e. The summed E-state index contributed by atoms with van der Waals surface area (Å²) < 4.78 is 82.2. The van der Waals surface area contributed by atoms with Crippen molar-refractivity contribution in [3.63, 3.8) is 0 Å². The highest BCUT2D eigenvalue weighted by atomic mass is 32.2. The van der Waals surface area contributed by atoms with Crippen molar-refractivity contribution < 1.29 is 35.9 Å². The summed E-state index contributed by atoms with van der Waals surface area (Å²) >= 11 is 1.15. The van der Waals surface area contributed by atoms with Crippen molar-refractivity contribution >= 4 is 29.5 Å². The summed E-state index contributed by atoms with van der Waals surface area (Å²) in [6.45, 7) is 0. The van der Waals surface area contributed by atoms with Gasteiger partial charge in [0.15, 0.2) is 11.4 Å². The van der Waals surface area contributed by atoms with Crippen LogP contribution in [-0.4, -0.2) is 30.6 Å².